The Bertz CT molecular complexity index is 1290. The molecule has 0 fully saturated rings. The average molecular weight is 434 g/mol. The van der Waals surface area contributed by atoms with Crippen molar-refractivity contribution < 1.29 is 19.1 Å². The highest BCUT2D eigenvalue weighted by Gasteiger charge is 2.15. The van der Waals surface area contributed by atoms with Gasteiger partial charge in [-0.1, -0.05) is 23.5 Å². The number of benzene rings is 2. The number of fused-ring (bicyclic) bond motifs is 1. The third kappa shape index (κ3) is 4.46. The molecule has 0 aliphatic carbocycles. The van der Waals surface area contributed by atoms with Gasteiger partial charge in [-0.25, -0.2) is 9.78 Å². The van der Waals surface area contributed by atoms with Gasteiger partial charge in [-0.15, -0.1) is 0 Å². The van der Waals surface area contributed by atoms with E-state index in [4.69, 9.17) is 4.42 Å². The highest BCUT2D eigenvalue weighted by molar-refractivity contribution is 7.22. The number of hydrogen-bond acceptors (Lipinski definition) is 7. The summed E-state index contributed by atoms with van der Waals surface area (Å²) in [5, 5.41) is 17.0. The molecule has 0 unspecified atom stereocenters. The Morgan fingerprint density at radius 1 is 1.10 bits per heavy atom. The van der Waals surface area contributed by atoms with Crippen molar-refractivity contribution in [2.75, 3.05) is 10.7 Å². The number of furan rings is 1. The van der Waals surface area contributed by atoms with Crippen molar-refractivity contribution in [3.8, 4) is 11.3 Å². The molecule has 0 aliphatic heterocycles. The molecular weight excluding hydrogens is 416 g/mol. The van der Waals surface area contributed by atoms with Crippen molar-refractivity contribution >= 4 is 50.0 Å². The molecule has 0 saturated carbocycles. The summed E-state index contributed by atoms with van der Waals surface area (Å²) in [6.45, 7) is 3.12. The number of hydrazone groups is 1. The molecular formula is C22H18N4O4S. The molecule has 0 aliphatic rings. The van der Waals surface area contributed by atoms with E-state index in [2.05, 4.69) is 20.8 Å². The van der Waals surface area contributed by atoms with Gasteiger partial charge in [0.05, 0.1) is 21.5 Å². The molecule has 0 spiro atoms. The van der Waals surface area contributed by atoms with Crippen LogP contribution < -0.4 is 10.7 Å². The molecule has 31 heavy (non-hydrogen) atoms. The molecule has 0 atom stereocenters. The van der Waals surface area contributed by atoms with Crippen LogP contribution in [0.15, 0.2) is 64.1 Å². The first-order valence-electron chi connectivity index (χ1n) is 9.32. The van der Waals surface area contributed by atoms with E-state index in [1.807, 2.05) is 24.3 Å². The van der Waals surface area contributed by atoms with Crippen LogP contribution in [0.25, 0.3) is 21.5 Å². The Labute approximate surface area is 181 Å². The summed E-state index contributed by atoms with van der Waals surface area (Å²) in [5.41, 5.74) is 5.25. The fourth-order valence-electron chi connectivity index (χ4n) is 2.97. The number of nitrogens with zero attached hydrogens (tertiary/aromatic N) is 2. The van der Waals surface area contributed by atoms with E-state index in [-0.39, 0.29) is 17.2 Å². The smallest absolute Gasteiger partial charge is 0.337 e. The van der Waals surface area contributed by atoms with E-state index in [0.29, 0.717) is 27.9 Å². The highest BCUT2D eigenvalue weighted by Crippen LogP contribution is 2.28. The summed E-state index contributed by atoms with van der Waals surface area (Å²) in [6, 6.07) is 16.0. The second kappa shape index (κ2) is 8.41. The van der Waals surface area contributed by atoms with Gasteiger partial charge in [-0.05, 0) is 49.4 Å². The Morgan fingerprint density at radius 3 is 2.65 bits per heavy atom. The lowest BCUT2D eigenvalue weighted by molar-refractivity contribution is -0.114. The highest BCUT2D eigenvalue weighted by atomic mass is 32.1. The molecule has 0 saturated heterocycles. The van der Waals surface area contributed by atoms with Crippen molar-refractivity contribution in [3.63, 3.8) is 0 Å². The van der Waals surface area contributed by atoms with Gasteiger partial charge in [-0.3, -0.25) is 10.2 Å². The van der Waals surface area contributed by atoms with Gasteiger partial charge < -0.3 is 14.8 Å². The molecule has 4 aromatic rings. The zero-order valence-electron chi connectivity index (χ0n) is 16.7. The van der Waals surface area contributed by atoms with Crippen molar-refractivity contribution in [2.45, 2.75) is 13.8 Å². The minimum absolute atomic E-state index is 0.0199. The van der Waals surface area contributed by atoms with Crippen LogP contribution in [-0.4, -0.2) is 27.7 Å². The second-order valence-corrected chi connectivity index (χ2v) is 7.74. The van der Waals surface area contributed by atoms with Crippen LogP contribution in [0.4, 0.5) is 10.8 Å². The van der Waals surface area contributed by atoms with E-state index in [1.54, 1.807) is 25.1 Å². The fourth-order valence-corrected chi connectivity index (χ4v) is 3.78. The van der Waals surface area contributed by atoms with Crippen molar-refractivity contribution in [2.24, 2.45) is 5.10 Å². The maximum atomic E-state index is 11.6. The molecule has 2 aromatic carbocycles. The van der Waals surface area contributed by atoms with Crippen LogP contribution in [0.2, 0.25) is 0 Å². The molecule has 2 aromatic heterocycles. The number of thiazole rings is 1. The van der Waals surface area contributed by atoms with Crippen LogP contribution in [-0.2, 0) is 4.79 Å². The number of carbonyl (C=O) groups excluding carboxylic acids is 1. The molecule has 156 valence electrons. The van der Waals surface area contributed by atoms with Gasteiger partial charge in [0.1, 0.15) is 11.5 Å². The van der Waals surface area contributed by atoms with E-state index < -0.39 is 5.97 Å². The fraction of sp³-hybridized carbons (Fsp3) is 0.0909. The Hall–Kier alpha value is -3.98. The zero-order valence-corrected chi connectivity index (χ0v) is 17.5. The lowest BCUT2D eigenvalue weighted by atomic mass is 10.1. The first-order chi connectivity index (χ1) is 14.9. The summed E-state index contributed by atoms with van der Waals surface area (Å²) in [6.07, 6.45) is 0. The number of para-hydroxylation sites is 1. The van der Waals surface area contributed by atoms with E-state index in [9.17, 15) is 14.7 Å². The summed E-state index contributed by atoms with van der Waals surface area (Å²) in [7, 11) is 0. The standard InChI is InChI=1S/C22H18N4O4S/c1-12(25-26-22-24-17-5-3-4-6-20(17)31-22)18-9-10-19(30-18)14-7-8-16(23-13(2)27)15(11-14)21(28)29/h3-11H,1-2H3,(H,23,27)(H,24,26)(H,28,29)/b25-12+. The quantitative estimate of drug-likeness (QED) is 0.289. The zero-order chi connectivity index (χ0) is 22.0. The van der Waals surface area contributed by atoms with Gasteiger partial charge in [0.2, 0.25) is 11.0 Å². The minimum Gasteiger partial charge on any atom is -0.478 e. The Morgan fingerprint density at radius 2 is 1.90 bits per heavy atom. The predicted molar refractivity (Wildman–Crippen MR) is 121 cm³/mol. The molecule has 0 radical (unpaired) electrons. The number of amides is 1. The number of carboxylic acids is 1. The second-order valence-electron chi connectivity index (χ2n) is 6.71. The number of nitrogens with one attached hydrogen (secondary N) is 2. The number of rotatable bonds is 6. The van der Waals surface area contributed by atoms with Gasteiger partial charge in [0.25, 0.3) is 0 Å². The number of carbonyl (C=O) groups is 2. The number of aromatic nitrogens is 1. The van der Waals surface area contributed by atoms with Gasteiger partial charge in [-0.2, -0.15) is 5.10 Å². The lowest BCUT2D eigenvalue weighted by Gasteiger charge is -2.08. The van der Waals surface area contributed by atoms with Crippen LogP contribution in [0.3, 0.4) is 0 Å². The number of aromatic carboxylic acids is 1. The lowest BCUT2D eigenvalue weighted by Crippen LogP contribution is -2.10. The average Bonchev–Trinajstić information content (AvgIpc) is 3.39. The Kier molecular flexibility index (Phi) is 5.50. The van der Waals surface area contributed by atoms with Gasteiger partial charge >= 0.3 is 5.97 Å². The summed E-state index contributed by atoms with van der Waals surface area (Å²) in [4.78, 5) is 27.3. The molecule has 2 heterocycles. The predicted octanol–water partition coefficient (Wildman–Crippen LogP) is 5.05. The molecule has 0 bridgehead atoms. The molecule has 3 N–H and O–H groups in total. The third-order valence-corrected chi connectivity index (χ3v) is 5.36. The molecule has 9 heteroatoms. The van der Waals surface area contributed by atoms with Crippen molar-refractivity contribution in [1.82, 2.24) is 4.98 Å². The summed E-state index contributed by atoms with van der Waals surface area (Å²) >= 11 is 1.50. The van der Waals surface area contributed by atoms with Crippen molar-refractivity contribution in [3.05, 3.63) is 65.9 Å². The monoisotopic (exact) mass is 434 g/mol. The number of hydrogen-bond donors (Lipinski definition) is 3. The SMILES string of the molecule is CC(=O)Nc1ccc(-c2ccc(/C(C)=N/Nc3nc4ccccc4s3)o2)cc1C(=O)O. The molecule has 4 rings (SSSR count). The van der Waals surface area contributed by atoms with Crippen LogP contribution >= 0.6 is 11.3 Å². The topological polar surface area (TPSA) is 117 Å². The largest absolute Gasteiger partial charge is 0.478 e. The first kappa shape index (κ1) is 20.3. The summed E-state index contributed by atoms with van der Waals surface area (Å²) < 4.78 is 6.93. The van der Waals surface area contributed by atoms with E-state index in [1.165, 1.54) is 30.4 Å². The Balaban J connectivity index is 1.55. The molecule has 8 nitrogen and oxygen atoms in total. The van der Waals surface area contributed by atoms with E-state index >= 15 is 0 Å². The minimum atomic E-state index is -1.14. The van der Waals surface area contributed by atoms with Gasteiger partial charge in [0, 0.05) is 12.5 Å². The van der Waals surface area contributed by atoms with E-state index in [0.717, 1.165) is 10.2 Å². The number of anilines is 2. The molecule has 1 amide bonds. The maximum absolute atomic E-state index is 11.6. The maximum Gasteiger partial charge on any atom is 0.337 e. The number of carboxylic acid groups (broad SMARTS) is 1. The first-order valence-corrected chi connectivity index (χ1v) is 10.1. The van der Waals surface area contributed by atoms with Crippen LogP contribution in [0, 0.1) is 0 Å². The normalized spacial score (nSPS) is 11.5. The van der Waals surface area contributed by atoms with Crippen LogP contribution in [0.5, 0.6) is 0 Å². The third-order valence-electron chi connectivity index (χ3n) is 4.42. The van der Waals surface area contributed by atoms with Crippen LogP contribution in [0.1, 0.15) is 30.0 Å². The van der Waals surface area contributed by atoms with Crippen molar-refractivity contribution in [1.29, 1.82) is 0 Å². The summed E-state index contributed by atoms with van der Waals surface area (Å²) in [5.74, 6) is -0.467. The van der Waals surface area contributed by atoms with Gasteiger partial charge in [0.15, 0.2) is 5.76 Å².